The Morgan fingerprint density at radius 3 is 2.48 bits per heavy atom. The van der Waals surface area contributed by atoms with Crippen LogP contribution in [0.5, 0.6) is 5.75 Å². The van der Waals surface area contributed by atoms with Crippen LogP contribution in [-0.2, 0) is 0 Å². The number of para-hydroxylation sites is 1. The van der Waals surface area contributed by atoms with Crippen molar-refractivity contribution in [1.29, 1.82) is 0 Å². The first-order valence-electron chi connectivity index (χ1n) is 8.25. The van der Waals surface area contributed by atoms with Gasteiger partial charge in [-0.2, -0.15) is 0 Å². The Bertz CT molecular complexity index is 1030. The molecule has 1 aromatic heterocycles. The lowest BCUT2D eigenvalue weighted by Gasteiger charge is -2.26. The van der Waals surface area contributed by atoms with E-state index in [1.54, 1.807) is 6.07 Å². The van der Waals surface area contributed by atoms with E-state index < -0.39 is 0 Å². The van der Waals surface area contributed by atoms with Gasteiger partial charge in [0.1, 0.15) is 17.1 Å². The maximum absolute atomic E-state index is 12.7. The van der Waals surface area contributed by atoms with Gasteiger partial charge in [-0.05, 0) is 35.9 Å². The van der Waals surface area contributed by atoms with E-state index in [4.69, 9.17) is 20.8 Å². The molecule has 0 radical (unpaired) electrons. The molecule has 1 aliphatic rings. The first kappa shape index (κ1) is 16.0. The van der Waals surface area contributed by atoms with Crippen LogP contribution in [-0.4, -0.2) is 0 Å². The van der Waals surface area contributed by atoms with Gasteiger partial charge in [0, 0.05) is 16.9 Å². The van der Waals surface area contributed by atoms with Crippen LogP contribution in [0.1, 0.15) is 30.9 Å². The molecule has 0 saturated heterocycles. The maximum Gasteiger partial charge on any atom is 0.344 e. The summed E-state index contributed by atoms with van der Waals surface area (Å²) in [5, 5.41) is 1.47. The molecule has 0 fully saturated rings. The Morgan fingerprint density at radius 2 is 1.76 bits per heavy atom. The van der Waals surface area contributed by atoms with Gasteiger partial charge in [-0.1, -0.05) is 49.7 Å². The number of rotatable bonds is 2. The Kier molecular flexibility index (Phi) is 3.89. The predicted octanol–water partition coefficient (Wildman–Crippen LogP) is 5.51. The normalized spacial score (nSPS) is 16.5. The molecule has 0 saturated carbocycles. The number of fused-ring (bicyclic) bond motifs is 3. The molecule has 25 heavy (non-hydrogen) atoms. The maximum atomic E-state index is 12.7. The molecule has 0 amide bonds. The summed E-state index contributed by atoms with van der Waals surface area (Å²) in [7, 11) is 0. The van der Waals surface area contributed by atoms with Crippen molar-refractivity contribution in [3.63, 3.8) is 0 Å². The topological polar surface area (TPSA) is 39.4 Å². The molecule has 0 spiro atoms. The van der Waals surface area contributed by atoms with Crippen LogP contribution in [0.25, 0.3) is 11.0 Å². The van der Waals surface area contributed by atoms with Crippen LogP contribution < -0.4 is 10.4 Å². The average molecular weight is 353 g/mol. The second-order valence-corrected chi connectivity index (χ2v) is 6.92. The molecule has 1 unspecified atom stereocenters. The highest BCUT2D eigenvalue weighted by atomic mass is 35.5. The molecule has 4 heteroatoms. The zero-order valence-corrected chi connectivity index (χ0v) is 14.7. The predicted molar refractivity (Wildman–Crippen MR) is 99.3 cm³/mol. The van der Waals surface area contributed by atoms with Gasteiger partial charge < -0.3 is 9.15 Å². The molecule has 2 aromatic carbocycles. The number of halogens is 1. The van der Waals surface area contributed by atoms with Crippen LogP contribution in [0.4, 0.5) is 0 Å². The number of ether oxygens (including phenoxy) is 1. The van der Waals surface area contributed by atoms with E-state index in [0.29, 0.717) is 21.9 Å². The zero-order valence-electron chi connectivity index (χ0n) is 14.0. The van der Waals surface area contributed by atoms with Gasteiger partial charge in [-0.3, -0.25) is 0 Å². The molecular formula is C21H17ClO3. The Hall–Kier alpha value is -2.52. The molecule has 1 atom stereocenters. The van der Waals surface area contributed by atoms with Crippen LogP contribution in [0.2, 0.25) is 5.02 Å². The molecule has 0 N–H and O–H groups in total. The fourth-order valence-electron chi connectivity index (χ4n) is 3.16. The van der Waals surface area contributed by atoms with Gasteiger partial charge >= 0.3 is 5.63 Å². The van der Waals surface area contributed by atoms with Crippen molar-refractivity contribution in [2.75, 3.05) is 0 Å². The molecule has 3 aromatic rings. The lowest BCUT2D eigenvalue weighted by molar-refractivity contribution is 0.349. The van der Waals surface area contributed by atoms with Crippen molar-refractivity contribution < 1.29 is 9.15 Å². The van der Waals surface area contributed by atoms with Gasteiger partial charge in [0.25, 0.3) is 0 Å². The van der Waals surface area contributed by atoms with Gasteiger partial charge in [-0.15, -0.1) is 0 Å². The Morgan fingerprint density at radius 1 is 1.04 bits per heavy atom. The minimum absolute atomic E-state index is 0.203. The first-order chi connectivity index (χ1) is 12.0. The van der Waals surface area contributed by atoms with Crippen molar-refractivity contribution >= 4 is 22.6 Å². The highest BCUT2D eigenvalue weighted by Crippen LogP contribution is 2.42. The van der Waals surface area contributed by atoms with Crippen molar-refractivity contribution in [1.82, 2.24) is 0 Å². The summed E-state index contributed by atoms with van der Waals surface area (Å²) in [6.07, 6.45) is 2.00. The van der Waals surface area contributed by atoms with Gasteiger partial charge in [0.2, 0.25) is 0 Å². The number of hydrogen-bond donors (Lipinski definition) is 0. The molecule has 126 valence electrons. The summed E-state index contributed by atoms with van der Waals surface area (Å²) < 4.78 is 11.7. The van der Waals surface area contributed by atoms with E-state index in [0.717, 1.165) is 16.7 Å². The Labute approximate surface area is 150 Å². The van der Waals surface area contributed by atoms with Gasteiger partial charge in [0.05, 0.1) is 10.9 Å². The third-order valence-corrected chi connectivity index (χ3v) is 4.71. The summed E-state index contributed by atoms with van der Waals surface area (Å²) in [4.78, 5) is 12.7. The van der Waals surface area contributed by atoms with E-state index in [2.05, 4.69) is 13.8 Å². The standard InChI is InChI=1S/C21H17ClO3/c1-12(2)18-11-16(13-7-9-14(22)10-8-13)19-20(24-18)15-5-3-4-6-17(15)25-21(19)23/h3-12,16H,1-2H3. The minimum Gasteiger partial charge on any atom is -0.460 e. The van der Waals surface area contributed by atoms with Gasteiger partial charge in [-0.25, -0.2) is 4.79 Å². The third kappa shape index (κ3) is 2.75. The molecule has 2 heterocycles. The van der Waals surface area contributed by atoms with Crippen LogP contribution in [0.3, 0.4) is 0 Å². The van der Waals surface area contributed by atoms with Crippen molar-refractivity contribution in [3.8, 4) is 5.75 Å². The molecular weight excluding hydrogens is 336 g/mol. The Balaban J connectivity index is 2.01. The van der Waals surface area contributed by atoms with Crippen LogP contribution in [0.15, 0.2) is 69.6 Å². The van der Waals surface area contributed by atoms with Crippen LogP contribution >= 0.6 is 11.6 Å². The monoisotopic (exact) mass is 352 g/mol. The van der Waals surface area contributed by atoms with E-state index in [9.17, 15) is 4.79 Å². The third-order valence-electron chi connectivity index (χ3n) is 4.46. The molecule has 3 nitrogen and oxygen atoms in total. The highest BCUT2D eigenvalue weighted by molar-refractivity contribution is 6.30. The second kappa shape index (κ2) is 6.08. The average Bonchev–Trinajstić information content (AvgIpc) is 2.61. The summed E-state index contributed by atoms with van der Waals surface area (Å²) >= 11 is 6.02. The van der Waals surface area contributed by atoms with Crippen LogP contribution in [0, 0.1) is 5.92 Å². The smallest absolute Gasteiger partial charge is 0.344 e. The molecule has 0 bridgehead atoms. The van der Waals surface area contributed by atoms with Gasteiger partial charge in [0.15, 0.2) is 0 Å². The molecule has 4 rings (SSSR count). The molecule has 0 aliphatic carbocycles. The van der Waals surface area contributed by atoms with E-state index >= 15 is 0 Å². The summed E-state index contributed by atoms with van der Waals surface area (Å²) in [6, 6.07) is 15.0. The zero-order chi connectivity index (χ0) is 17.6. The summed E-state index contributed by atoms with van der Waals surface area (Å²) in [6.45, 7) is 4.15. The van der Waals surface area contributed by atoms with Crippen molar-refractivity contribution in [3.05, 3.63) is 86.9 Å². The number of allylic oxidation sites excluding steroid dienone is 2. The first-order valence-corrected chi connectivity index (χ1v) is 8.63. The largest absolute Gasteiger partial charge is 0.460 e. The van der Waals surface area contributed by atoms with E-state index in [1.807, 2.05) is 48.5 Å². The van der Waals surface area contributed by atoms with Crippen molar-refractivity contribution in [2.45, 2.75) is 19.8 Å². The second-order valence-electron chi connectivity index (χ2n) is 6.48. The fourth-order valence-corrected chi connectivity index (χ4v) is 3.28. The lowest BCUT2D eigenvalue weighted by Crippen LogP contribution is -2.21. The number of hydrogen-bond acceptors (Lipinski definition) is 3. The summed E-state index contributed by atoms with van der Waals surface area (Å²) in [5.41, 5.74) is 1.68. The number of benzene rings is 2. The fraction of sp³-hybridized carbons (Fsp3) is 0.190. The lowest BCUT2D eigenvalue weighted by atomic mass is 9.87. The van der Waals surface area contributed by atoms with E-state index in [1.165, 1.54) is 0 Å². The van der Waals surface area contributed by atoms with E-state index in [-0.39, 0.29) is 17.5 Å². The SMILES string of the molecule is CC(C)C1=CC(c2ccc(Cl)cc2)c2c(c3ccccc3oc2=O)O1. The summed E-state index contributed by atoms with van der Waals surface area (Å²) in [5.74, 6) is 1.43. The minimum atomic E-state index is -0.368. The quantitative estimate of drug-likeness (QED) is 0.571. The van der Waals surface area contributed by atoms with Crippen molar-refractivity contribution in [2.24, 2.45) is 5.92 Å². The highest BCUT2D eigenvalue weighted by Gasteiger charge is 2.30. The molecule has 1 aliphatic heterocycles.